The summed E-state index contributed by atoms with van der Waals surface area (Å²) in [5, 5.41) is 0. The van der Waals surface area contributed by atoms with Crippen molar-refractivity contribution in [3.8, 4) is 0 Å². The molecule has 0 fully saturated rings. The van der Waals surface area contributed by atoms with Gasteiger partial charge < -0.3 is 0 Å². The minimum absolute atomic E-state index is 0.469. The van der Waals surface area contributed by atoms with Gasteiger partial charge in [-0.3, -0.25) is 0 Å². The first-order chi connectivity index (χ1) is 2.94. The summed E-state index contributed by atoms with van der Waals surface area (Å²) in [6.45, 7) is 0. The highest BCUT2D eigenvalue weighted by atomic mass is 79.9. The Kier molecular flexibility index (Phi) is 3.93. The highest BCUT2D eigenvalue weighted by Crippen LogP contribution is 2.38. The van der Waals surface area contributed by atoms with Crippen molar-refractivity contribution < 1.29 is 0 Å². The van der Waals surface area contributed by atoms with Crippen molar-refractivity contribution in [2.75, 3.05) is 0 Å². The Morgan fingerprint density at radius 3 is 1.57 bits per heavy atom. The molecule has 0 radical (unpaired) electrons. The van der Waals surface area contributed by atoms with E-state index < -0.39 is 7.53 Å². The Labute approximate surface area is 73.7 Å². The van der Waals surface area contributed by atoms with Gasteiger partial charge in [-0.1, -0.05) is 39.1 Å². The maximum Gasteiger partial charge on any atom is 0.198 e. The van der Waals surface area contributed by atoms with Crippen molar-refractivity contribution in [2.45, 2.75) is 7.53 Å². The third-order valence-electron chi connectivity index (χ3n) is 0.247. The van der Waals surface area contributed by atoms with Gasteiger partial charge in [0.15, 0.2) is 3.24 Å². The van der Waals surface area contributed by atoms with E-state index in [0.717, 1.165) is 0 Å². The maximum atomic E-state index is 5.37. The number of hydrogen-bond acceptors (Lipinski definition) is 0. The van der Waals surface area contributed by atoms with Crippen LogP contribution in [0.4, 0.5) is 0 Å². The van der Waals surface area contributed by atoms with Crippen molar-refractivity contribution in [1.29, 1.82) is 0 Å². The summed E-state index contributed by atoms with van der Waals surface area (Å²) in [6, 6.07) is 0. The summed E-state index contributed by atoms with van der Waals surface area (Å²) in [5.74, 6) is 0. The normalized spacial score (nSPS) is 16.7. The molecule has 0 nitrogen and oxygen atoms in total. The van der Waals surface area contributed by atoms with Gasteiger partial charge in [-0.25, -0.2) is 0 Å². The molecular weight excluding hydrogens is 290 g/mol. The average molecular weight is 291 g/mol. The van der Waals surface area contributed by atoms with Crippen molar-refractivity contribution in [1.82, 2.24) is 0 Å². The van der Waals surface area contributed by atoms with E-state index in [4.69, 9.17) is 34.8 Å². The third kappa shape index (κ3) is 4.34. The van der Waals surface area contributed by atoms with Crippen molar-refractivity contribution in [2.24, 2.45) is 0 Å². The molecule has 0 saturated carbocycles. The highest BCUT2D eigenvalue weighted by Gasteiger charge is 2.27. The van der Waals surface area contributed by atoms with Crippen molar-refractivity contribution >= 4 is 66.7 Å². The zero-order chi connectivity index (χ0) is 6.08. The van der Waals surface area contributed by atoms with Crippen LogP contribution in [0.2, 0.25) is 0 Å². The van der Waals surface area contributed by atoms with Crippen LogP contribution in [0.1, 0.15) is 0 Å². The van der Waals surface area contributed by atoms with Gasteiger partial charge >= 0.3 is 0 Å². The van der Waals surface area contributed by atoms with Gasteiger partial charge in [-0.05, 0) is 15.9 Å². The van der Waals surface area contributed by atoms with Gasteiger partial charge in [0.05, 0.1) is 0 Å². The molecule has 0 rings (SSSR count). The molecule has 0 saturated heterocycles. The molecule has 0 amide bonds. The third-order valence-corrected chi connectivity index (χ3v) is 3.78. The van der Waals surface area contributed by atoms with Gasteiger partial charge in [0.1, 0.15) is 4.29 Å². The van der Waals surface area contributed by atoms with E-state index in [2.05, 4.69) is 31.9 Å². The average Bonchev–Trinajstić information content (AvgIpc) is 1.31. The van der Waals surface area contributed by atoms with E-state index in [1.807, 2.05) is 0 Å². The lowest BCUT2D eigenvalue weighted by molar-refractivity contribution is 1.27. The largest absolute Gasteiger partial charge is 0.198 e. The molecule has 0 aromatic rings. The summed E-state index contributed by atoms with van der Waals surface area (Å²) in [4.78, 5) is 0. The molecule has 0 aliphatic heterocycles. The van der Waals surface area contributed by atoms with Gasteiger partial charge in [0.25, 0.3) is 0 Å². The van der Waals surface area contributed by atoms with E-state index in [-0.39, 0.29) is 0 Å². The molecule has 5 heteroatoms. The highest BCUT2D eigenvalue weighted by molar-refractivity contribution is 9.13. The SMILES string of the molecule is ClC(Br)C(Cl)(Cl)Br. The molecule has 0 aliphatic rings. The predicted octanol–water partition coefficient (Wildman–Crippen LogP) is 3.47. The molecule has 44 valence electrons. The lowest BCUT2D eigenvalue weighted by Crippen LogP contribution is -2.10. The fraction of sp³-hybridized carbons (Fsp3) is 1.00. The molecule has 0 aromatic heterocycles. The minimum Gasteiger partial charge on any atom is -0.106 e. The number of rotatable bonds is 1. The van der Waals surface area contributed by atoms with E-state index in [1.165, 1.54) is 0 Å². The fourth-order valence-corrected chi connectivity index (χ4v) is 0. The van der Waals surface area contributed by atoms with Crippen LogP contribution in [-0.2, 0) is 0 Å². The van der Waals surface area contributed by atoms with Crippen LogP contribution in [-0.4, -0.2) is 7.53 Å². The number of halogens is 5. The molecule has 0 spiro atoms. The van der Waals surface area contributed by atoms with Crippen LogP contribution in [0, 0.1) is 0 Å². The Morgan fingerprint density at radius 2 is 1.57 bits per heavy atom. The van der Waals surface area contributed by atoms with Crippen LogP contribution >= 0.6 is 66.7 Å². The number of alkyl halides is 5. The van der Waals surface area contributed by atoms with Crippen molar-refractivity contribution in [3.05, 3.63) is 0 Å². The van der Waals surface area contributed by atoms with Crippen LogP contribution < -0.4 is 0 Å². The van der Waals surface area contributed by atoms with Crippen LogP contribution in [0.3, 0.4) is 0 Å². The van der Waals surface area contributed by atoms with Crippen LogP contribution in [0.15, 0.2) is 0 Å². The second-order valence-electron chi connectivity index (χ2n) is 0.842. The molecule has 1 atom stereocenters. The van der Waals surface area contributed by atoms with Crippen LogP contribution in [0.5, 0.6) is 0 Å². The van der Waals surface area contributed by atoms with Crippen LogP contribution in [0.25, 0.3) is 0 Å². The Balaban J connectivity index is 3.54. The maximum absolute atomic E-state index is 5.37. The smallest absolute Gasteiger partial charge is 0.106 e. The minimum atomic E-state index is -1.06. The second kappa shape index (κ2) is 3.11. The lowest BCUT2D eigenvalue weighted by Gasteiger charge is -2.10. The molecule has 0 N–H and O–H groups in total. The second-order valence-corrected chi connectivity index (χ2v) is 6.27. The zero-order valence-corrected chi connectivity index (χ0v) is 8.41. The quantitative estimate of drug-likeness (QED) is 0.649. The van der Waals surface area contributed by atoms with Gasteiger partial charge in [0.2, 0.25) is 0 Å². The number of hydrogen-bond donors (Lipinski definition) is 0. The monoisotopic (exact) mass is 288 g/mol. The van der Waals surface area contributed by atoms with E-state index in [0.29, 0.717) is 0 Å². The molecule has 0 heterocycles. The summed E-state index contributed by atoms with van der Waals surface area (Å²) in [5.41, 5.74) is 0. The first-order valence-corrected chi connectivity index (χ1v) is 4.19. The standard InChI is InChI=1S/C2HBr2Cl3/c3-1(5)2(4,6)7/h1H. The van der Waals surface area contributed by atoms with Gasteiger partial charge in [-0.15, -0.1) is 11.6 Å². The van der Waals surface area contributed by atoms with Gasteiger partial charge in [0, 0.05) is 0 Å². The Bertz CT molecular complexity index is 56.4. The zero-order valence-electron chi connectivity index (χ0n) is 2.97. The molecule has 0 bridgehead atoms. The first-order valence-electron chi connectivity index (χ1n) is 1.29. The summed E-state index contributed by atoms with van der Waals surface area (Å²) >= 11 is 21.9. The Morgan fingerprint density at radius 1 is 1.43 bits per heavy atom. The lowest BCUT2D eigenvalue weighted by atomic mass is 10.9. The summed E-state index contributed by atoms with van der Waals surface area (Å²) < 4.78 is -1.53. The van der Waals surface area contributed by atoms with Gasteiger partial charge in [-0.2, -0.15) is 0 Å². The Hall–Kier alpha value is 1.83. The summed E-state index contributed by atoms with van der Waals surface area (Å²) in [7, 11) is 0. The first kappa shape index (κ1) is 8.83. The van der Waals surface area contributed by atoms with Crippen molar-refractivity contribution in [3.63, 3.8) is 0 Å². The predicted molar refractivity (Wildman–Crippen MR) is 41.9 cm³/mol. The molecule has 7 heavy (non-hydrogen) atoms. The molecule has 0 aliphatic carbocycles. The summed E-state index contributed by atoms with van der Waals surface area (Å²) in [6.07, 6.45) is 0. The molecule has 1 unspecified atom stereocenters. The molecule has 0 aromatic carbocycles. The fourth-order valence-electron chi connectivity index (χ4n) is 0. The van der Waals surface area contributed by atoms with E-state index in [9.17, 15) is 0 Å². The van der Waals surface area contributed by atoms with E-state index >= 15 is 0 Å². The topological polar surface area (TPSA) is 0 Å². The molecular formula is C2HBr2Cl3. The van der Waals surface area contributed by atoms with E-state index in [1.54, 1.807) is 0 Å².